The summed E-state index contributed by atoms with van der Waals surface area (Å²) in [6.07, 6.45) is 8.38. The molecule has 0 saturated carbocycles. The van der Waals surface area contributed by atoms with Crippen molar-refractivity contribution in [2.45, 2.75) is 19.3 Å². The summed E-state index contributed by atoms with van der Waals surface area (Å²) in [5.41, 5.74) is 0.972. The van der Waals surface area contributed by atoms with Gasteiger partial charge in [0.05, 0.1) is 0 Å². The van der Waals surface area contributed by atoms with Gasteiger partial charge in [-0.15, -0.1) is 0 Å². The van der Waals surface area contributed by atoms with E-state index in [1.54, 1.807) is 4.31 Å². The van der Waals surface area contributed by atoms with Crippen LogP contribution in [0.1, 0.15) is 19.3 Å². The maximum atomic E-state index is 11.9. The molecule has 118 valence electrons. The molecular formula is C16H18ClNO2SSe. The SMILES string of the molecule is CS(=O)(=O)N1CCCC2CC([Se]c3cccc(Cl)c3)=CC=C21. The Kier molecular flexibility index (Phi) is 4.69. The predicted octanol–water partition coefficient (Wildman–Crippen LogP) is 2.51. The second-order valence-corrected chi connectivity index (χ2v) is 10.5. The van der Waals surface area contributed by atoms with E-state index in [9.17, 15) is 8.42 Å². The molecule has 0 bridgehead atoms. The van der Waals surface area contributed by atoms with Crippen LogP contribution in [-0.4, -0.2) is 40.5 Å². The molecule has 1 aliphatic heterocycles. The Bertz CT molecular complexity index is 742. The van der Waals surface area contributed by atoms with E-state index in [1.807, 2.05) is 24.3 Å². The van der Waals surface area contributed by atoms with Crippen LogP contribution < -0.4 is 4.46 Å². The van der Waals surface area contributed by atoms with Gasteiger partial charge >= 0.3 is 143 Å². The Labute approximate surface area is 143 Å². The second-order valence-electron chi connectivity index (χ2n) is 5.66. The van der Waals surface area contributed by atoms with Crippen LogP contribution in [-0.2, 0) is 10.0 Å². The molecule has 0 spiro atoms. The number of hydrogen-bond donors (Lipinski definition) is 0. The Morgan fingerprint density at radius 3 is 2.86 bits per heavy atom. The summed E-state index contributed by atoms with van der Waals surface area (Å²) in [7, 11) is -3.15. The molecule has 22 heavy (non-hydrogen) atoms. The third kappa shape index (κ3) is 3.60. The van der Waals surface area contributed by atoms with Gasteiger partial charge in [-0.1, -0.05) is 0 Å². The average Bonchev–Trinajstić information content (AvgIpc) is 2.45. The van der Waals surface area contributed by atoms with Gasteiger partial charge in [-0.25, -0.2) is 0 Å². The summed E-state index contributed by atoms with van der Waals surface area (Å²) in [5, 5.41) is 0.771. The van der Waals surface area contributed by atoms with Gasteiger partial charge in [-0.2, -0.15) is 0 Å². The van der Waals surface area contributed by atoms with Crippen LogP contribution in [0.15, 0.2) is 46.6 Å². The molecule has 1 fully saturated rings. The Morgan fingerprint density at radius 1 is 1.32 bits per heavy atom. The minimum absolute atomic E-state index is 0.250. The molecule has 1 saturated heterocycles. The summed E-state index contributed by atoms with van der Waals surface area (Å²) in [4.78, 5) is 0. The molecule has 1 atom stereocenters. The number of piperidine rings is 1. The fraction of sp³-hybridized carbons (Fsp3) is 0.375. The van der Waals surface area contributed by atoms with Gasteiger partial charge in [0.2, 0.25) is 0 Å². The van der Waals surface area contributed by atoms with Crippen molar-refractivity contribution in [1.29, 1.82) is 0 Å². The van der Waals surface area contributed by atoms with Crippen LogP contribution >= 0.6 is 11.6 Å². The van der Waals surface area contributed by atoms with Crippen LogP contribution in [0, 0.1) is 5.92 Å². The fourth-order valence-electron chi connectivity index (χ4n) is 2.99. The fourth-order valence-corrected chi connectivity index (χ4v) is 6.60. The van der Waals surface area contributed by atoms with E-state index in [0.717, 1.165) is 30.0 Å². The monoisotopic (exact) mass is 403 g/mol. The first-order valence-corrected chi connectivity index (χ1v) is 11.2. The summed E-state index contributed by atoms with van der Waals surface area (Å²) >= 11 is 6.30. The number of rotatable bonds is 3. The molecule has 3 nitrogen and oxygen atoms in total. The molecule has 1 aromatic carbocycles. The van der Waals surface area contributed by atoms with E-state index in [0.29, 0.717) is 12.5 Å². The van der Waals surface area contributed by atoms with Gasteiger partial charge in [0.15, 0.2) is 0 Å². The van der Waals surface area contributed by atoms with Crippen molar-refractivity contribution in [3.63, 3.8) is 0 Å². The van der Waals surface area contributed by atoms with Crippen molar-refractivity contribution in [3.05, 3.63) is 51.6 Å². The molecule has 1 unspecified atom stereocenters. The molecule has 0 N–H and O–H groups in total. The van der Waals surface area contributed by atoms with Crippen molar-refractivity contribution in [2.24, 2.45) is 5.92 Å². The molecule has 1 aliphatic carbocycles. The van der Waals surface area contributed by atoms with Crippen molar-refractivity contribution < 1.29 is 8.42 Å². The van der Waals surface area contributed by atoms with E-state index in [-0.39, 0.29) is 15.0 Å². The normalized spacial score (nSPS) is 21.9. The van der Waals surface area contributed by atoms with E-state index in [1.165, 1.54) is 15.2 Å². The van der Waals surface area contributed by atoms with E-state index in [4.69, 9.17) is 11.6 Å². The molecule has 2 aliphatic rings. The zero-order valence-electron chi connectivity index (χ0n) is 12.3. The van der Waals surface area contributed by atoms with Crippen LogP contribution in [0.2, 0.25) is 5.02 Å². The number of benzene rings is 1. The topological polar surface area (TPSA) is 37.4 Å². The molecule has 1 heterocycles. The van der Waals surface area contributed by atoms with Gasteiger partial charge in [0, 0.05) is 0 Å². The van der Waals surface area contributed by atoms with Crippen LogP contribution in [0.4, 0.5) is 0 Å². The zero-order chi connectivity index (χ0) is 15.7. The molecule has 6 heteroatoms. The van der Waals surface area contributed by atoms with Gasteiger partial charge in [0.1, 0.15) is 0 Å². The number of allylic oxidation sites excluding steroid dienone is 4. The summed E-state index contributed by atoms with van der Waals surface area (Å²) in [5.74, 6) is 0.338. The third-order valence-corrected chi connectivity index (χ3v) is 7.59. The first-order valence-electron chi connectivity index (χ1n) is 7.25. The molecule has 0 amide bonds. The summed E-state index contributed by atoms with van der Waals surface area (Å²) < 4.78 is 28.1. The number of sulfonamides is 1. The van der Waals surface area contributed by atoms with E-state index >= 15 is 0 Å². The zero-order valence-corrected chi connectivity index (χ0v) is 15.6. The number of halogens is 1. The van der Waals surface area contributed by atoms with Crippen molar-refractivity contribution in [3.8, 4) is 0 Å². The Morgan fingerprint density at radius 2 is 2.14 bits per heavy atom. The number of fused-ring (bicyclic) bond motifs is 1. The van der Waals surface area contributed by atoms with Gasteiger partial charge in [0.25, 0.3) is 0 Å². The van der Waals surface area contributed by atoms with Crippen molar-refractivity contribution in [1.82, 2.24) is 4.31 Å². The van der Waals surface area contributed by atoms with Crippen molar-refractivity contribution >= 4 is 41.0 Å². The number of hydrogen-bond acceptors (Lipinski definition) is 2. The predicted molar refractivity (Wildman–Crippen MR) is 91.9 cm³/mol. The third-order valence-electron chi connectivity index (χ3n) is 3.95. The average molecular weight is 403 g/mol. The quantitative estimate of drug-likeness (QED) is 0.729. The van der Waals surface area contributed by atoms with E-state index < -0.39 is 10.0 Å². The minimum atomic E-state index is -3.15. The van der Waals surface area contributed by atoms with Gasteiger partial charge < -0.3 is 0 Å². The molecule has 1 aromatic rings. The van der Waals surface area contributed by atoms with E-state index in [2.05, 4.69) is 12.1 Å². The summed E-state index contributed by atoms with van der Waals surface area (Å²) in [6, 6.07) is 8.00. The molecular weight excluding hydrogens is 385 g/mol. The molecule has 0 radical (unpaired) electrons. The standard InChI is InChI=1S/C16H18ClNO2SSe/c1-21(19,20)18-9-3-4-12-10-15(7-8-16(12)18)22-14-6-2-5-13(17)11-14/h2,5-8,11-12H,3-4,9-10H2,1H3. The molecule has 3 rings (SSSR count). The van der Waals surface area contributed by atoms with Gasteiger partial charge in [-0.3, -0.25) is 0 Å². The van der Waals surface area contributed by atoms with Crippen LogP contribution in [0.3, 0.4) is 0 Å². The van der Waals surface area contributed by atoms with Crippen molar-refractivity contribution in [2.75, 3.05) is 12.8 Å². The Balaban J connectivity index is 1.83. The first kappa shape index (κ1) is 16.1. The Hall–Kier alpha value is -0.741. The first-order chi connectivity index (χ1) is 10.4. The molecule has 0 aromatic heterocycles. The summed E-state index contributed by atoms with van der Waals surface area (Å²) in [6.45, 7) is 0.615. The maximum absolute atomic E-state index is 11.9. The van der Waals surface area contributed by atoms with Gasteiger partial charge in [-0.05, 0) is 0 Å². The van der Waals surface area contributed by atoms with Crippen LogP contribution in [0.5, 0.6) is 0 Å². The number of nitrogens with zero attached hydrogens (tertiary/aromatic N) is 1. The van der Waals surface area contributed by atoms with Crippen LogP contribution in [0.25, 0.3) is 0 Å². The second kappa shape index (κ2) is 6.40.